The summed E-state index contributed by atoms with van der Waals surface area (Å²) in [4.78, 5) is 38.9. The fourth-order valence-electron chi connectivity index (χ4n) is 5.15. The van der Waals surface area contributed by atoms with E-state index in [-0.39, 0.29) is 23.0 Å². The van der Waals surface area contributed by atoms with E-state index in [4.69, 9.17) is 4.74 Å². The lowest BCUT2D eigenvalue weighted by Crippen LogP contribution is -2.37. The predicted molar refractivity (Wildman–Crippen MR) is 121 cm³/mol. The second kappa shape index (κ2) is 7.30. The molecule has 0 amide bonds. The topological polar surface area (TPSA) is 72.5 Å². The molecule has 162 valence electrons. The largest absolute Gasteiger partial charge is 0.462 e. The van der Waals surface area contributed by atoms with Gasteiger partial charge in [0.2, 0.25) is 0 Å². The van der Waals surface area contributed by atoms with Gasteiger partial charge in [0.25, 0.3) is 0 Å². The number of hydrogen-bond acceptors (Lipinski definition) is 5. The van der Waals surface area contributed by atoms with Crippen molar-refractivity contribution in [2.75, 3.05) is 6.61 Å². The number of benzene rings is 2. The third-order valence-corrected chi connectivity index (χ3v) is 6.48. The van der Waals surface area contributed by atoms with Crippen LogP contribution in [0.1, 0.15) is 71.4 Å². The first-order chi connectivity index (χ1) is 15.3. The van der Waals surface area contributed by atoms with Gasteiger partial charge < -0.3 is 10.1 Å². The molecule has 0 radical (unpaired) electrons. The van der Waals surface area contributed by atoms with Gasteiger partial charge in [-0.15, -0.1) is 0 Å². The van der Waals surface area contributed by atoms with E-state index in [0.717, 1.165) is 28.9 Å². The SMILES string of the molecule is CCOC(=O)c1ccc([C@@H]2C3=C(CC(C)(C)CC3=O)NC3=C2C(=O)c2ccccc23)cc1. The zero-order valence-electron chi connectivity index (χ0n) is 18.5. The predicted octanol–water partition coefficient (Wildman–Crippen LogP) is 4.80. The second-order valence-electron chi connectivity index (χ2n) is 9.40. The van der Waals surface area contributed by atoms with Gasteiger partial charge in [-0.2, -0.15) is 0 Å². The van der Waals surface area contributed by atoms with Crippen LogP contribution >= 0.6 is 0 Å². The summed E-state index contributed by atoms with van der Waals surface area (Å²) < 4.78 is 5.09. The van der Waals surface area contributed by atoms with Crippen LogP contribution in [0.3, 0.4) is 0 Å². The number of allylic oxidation sites excluding steroid dienone is 3. The first-order valence-corrected chi connectivity index (χ1v) is 11.0. The number of ether oxygens (including phenoxy) is 1. The molecular formula is C27H25NO4. The molecule has 5 nitrogen and oxygen atoms in total. The summed E-state index contributed by atoms with van der Waals surface area (Å²) in [5.41, 5.74) is 5.64. The number of rotatable bonds is 3. The Bertz CT molecular complexity index is 1230. The van der Waals surface area contributed by atoms with Crippen molar-refractivity contribution in [3.8, 4) is 0 Å². The highest BCUT2D eigenvalue weighted by atomic mass is 16.5. The maximum Gasteiger partial charge on any atom is 0.338 e. The minimum Gasteiger partial charge on any atom is -0.462 e. The third kappa shape index (κ3) is 3.11. The molecule has 32 heavy (non-hydrogen) atoms. The van der Waals surface area contributed by atoms with Crippen molar-refractivity contribution < 1.29 is 19.1 Å². The van der Waals surface area contributed by atoms with Crippen molar-refractivity contribution in [2.24, 2.45) is 5.41 Å². The molecular weight excluding hydrogens is 402 g/mol. The lowest BCUT2D eigenvalue weighted by molar-refractivity contribution is -0.118. The van der Waals surface area contributed by atoms with E-state index in [1.54, 1.807) is 19.1 Å². The van der Waals surface area contributed by atoms with Crippen LogP contribution in [0, 0.1) is 5.41 Å². The number of nitrogens with one attached hydrogen (secondary N) is 1. The van der Waals surface area contributed by atoms with Crippen LogP contribution in [0.15, 0.2) is 65.4 Å². The minimum atomic E-state index is -0.457. The summed E-state index contributed by atoms with van der Waals surface area (Å²) in [7, 11) is 0. The van der Waals surface area contributed by atoms with Crippen molar-refractivity contribution in [2.45, 2.75) is 39.5 Å². The first kappa shape index (κ1) is 20.4. The Balaban J connectivity index is 1.66. The van der Waals surface area contributed by atoms with E-state index < -0.39 is 5.92 Å². The van der Waals surface area contributed by atoms with Gasteiger partial charge in [-0.05, 0) is 36.5 Å². The molecule has 0 saturated heterocycles. The summed E-state index contributed by atoms with van der Waals surface area (Å²) in [6.07, 6.45) is 1.17. The monoisotopic (exact) mass is 427 g/mol. The van der Waals surface area contributed by atoms with Crippen molar-refractivity contribution in [3.05, 3.63) is 87.6 Å². The van der Waals surface area contributed by atoms with E-state index in [1.807, 2.05) is 36.4 Å². The van der Waals surface area contributed by atoms with Crippen LogP contribution in [-0.2, 0) is 9.53 Å². The fourth-order valence-corrected chi connectivity index (χ4v) is 5.15. The van der Waals surface area contributed by atoms with E-state index in [0.29, 0.717) is 35.3 Å². The van der Waals surface area contributed by atoms with Gasteiger partial charge in [0.1, 0.15) is 0 Å². The number of hydrogen-bond donors (Lipinski definition) is 1. The summed E-state index contributed by atoms with van der Waals surface area (Å²) >= 11 is 0. The summed E-state index contributed by atoms with van der Waals surface area (Å²) in [6.45, 7) is 6.26. The molecule has 3 aliphatic rings. The number of esters is 1. The third-order valence-electron chi connectivity index (χ3n) is 6.48. The zero-order valence-corrected chi connectivity index (χ0v) is 18.5. The lowest BCUT2D eigenvalue weighted by atomic mass is 9.68. The van der Waals surface area contributed by atoms with Gasteiger partial charge in [-0.3, -0.25) is 9.59 Å². The molecule has 1 heterocycles. The number of fused-ring (bicyclic) bond motifs is 2. The first-order valence-electron chi connectivity index (χ1n) is 11.0. The Hall–Kier alpha value is -3.47. The van der Waals surface area contributed by atoms with Crippen LogP contribution in [0.2, 0.25) is 0 Å². The van der Waals surface area contributed by atoms with E-state index >= 15 is 0 Å². The maximum atomic E-state index is 13.5. The zero-order chi connectivity index (χ0) is 22.6. The summed E-state index contributed by atoms with van der Waals surface area (Å²) in [6, 6.07) is 14.7. The summed E-state index contributed by atoms with van der Waals surface area (Å²) in [5, 5.41) is 3.48. The number of carbonyl (C=O) groups excluding carboxylic acids is 3. The fraction of sp³-hybridized carbons (Fsp3) is 0.296. The molecule has 2 aliphatic carbocycles. The van der Waals surface area contributed by atoms with Gasteiger partial charge in [-0.25, -0.2) is 4.79 Å². The van der Waals surface area contributed by atoms with Crippen LogP contribution in [0.25, 0.3) is 5.70 Å². The van der Waals surface area contributed by atoms with Gasteiger partial charge in [0.05, 0.1) is 17.9 Å². The Kier molecular flexibility index (Phi) is 4.66. The molecule has 0 saturated carbocycles. The van der Waals surface area contributed by atoms with Gasteiger partial charge >= 0.3 is 5.97 Å². The molecule has 2 aromatic carbocycles. The molecule has 0 unspecified atom stereocenters. The smallest absolute Gasteiger partial charge is 0.338 e. The Labute approximate surface area is 187 Å². The van der Waals surface area contributed by atoms with Gasteiger partial charge in [0.15, 0.2) is 11.6 Å². The quantitative estimate of drug-likeness (QED) is 0.713. The molecule has 5 rings (SSSR count). The van der Waals surface area contributed by atoms with E-state index in [2.05, 4.69) is 19.2 Å². The van der Waals surface area contributed by atoms with E-state index in [1.165, 1.54) is 0 Å². The Morgan fingerprint density at radius 1 is 1.00 bits per heavy atom. The van der Waals surface area contributed by atoms with Crippen LogP contribution in [-0.4, -0.2) is 24.1 Å². The molecule has 1 aliphatic heterocycles. The van der Waals surface area contributed by atoms with Crippen LogP contribution in [0.4, 0.5) is 0 Å². The van der Waals surface area contributed by atoms with Crippen LogP contribution < -0.4 is 5.32 Å². The average molecular weight is 428 g/mol. The van der Waals surface area contributed by atoms with Crippen molar-refractivity contribution in [3.63, 3.8) is 0 Å². The molecule has 0 aromatic heterocycles. The highest BCUT2D eigenvalue weighted by Crippen LogP contribution is 2.51. The molecule has 2 aromatic rings. The van der Waals surface area contributed by atoms with Gasteiger partial charge in [-0.1, -0.05) is 50.2 Å². The molecule has 0 spiro atoms. The molecule has 1 N–H and O–H groups in total. The average Bonchev–Trinajstić information content (AvgIpc) is 3.04. The Morgan fingerprint density at radius 2 is 1.69 bits per heavy atom. The highest BCUT2D eigenvalue weighted by molar-refractivity contribution is 6.23. The van der Waals surface area contributed by atoms with Gasteiger partial charge in [0, 0.05) is 40.3 Å². The van der Waals surface area contributed by atoms with Crippen molar-refractivity contribution >= 4 is 23.2 Å². The van der Waals surface area contributed by atoms with Crippen LogP contribution in [0.5, 0.6) is 0 Å². The molecule has 1 atom stereocenters. The molecule has 5 heteroatoms. The van der Waals surface area contributed by atoms with E-state index in [9.17, 15) is 14.4 Å². The minimum absolute atomic E-state index is 0.0493. The highest BCUT2D eigenvalue weighted by Gasteiger charge is 2.46. The second-order valence-corrected chi connectivity index (χ2v) is 9.40. The standard InChI is InChI=1S/C27H25NO4/c1-4-32-26(31)16-11-9-15(10-12-16)21-22-19(13-27(2,3)14-20(22)29)28-24-17-7-5-6-8-18(17)25(30)23(21)24/h5-12,21,28H,4,13-14H2,1-3H3/t21-/m1/s1. The van der Waals surface area contributed by atoms with Crippen molar-refractivity contribution in [1.29, 1.82) is 0 Å². The molecule has 0 bridgehead atoms. The number of dihydropyridines is 1. The molecule has 0 fully saturated rings. The normalized spacial score (nSPS) is 21.0. The number of Topliss-reactive ketones (excluding diaryl/α,β-unsaturated/α-hetero) is 2. The number of ketones is 2. The maximum absolute atomic E-state index is 13.5. The summed E-state index contributed by atoms with van der Waals surface area (Å²) in [5.74, 6) is -0.824. The number of carbonyl (C=O) groups is 3. The lowest BCUT2D eigenvalue weighted by Gasteiger charge is -2.39. The van der Waals surface area contributed by atoms with Crippen molar-refractivity contribution in [1.82, 2.24) is 5.32 Å². The Morgan fingerprint density at radius 3 is 2.38 bits per heavy atom.